The van der Waals surface area contributed by atoms with Crippen molar-refractivity contribution in [3.05, 3.63) is 71.9 Å². The van der Waals surface area contributed by atoms with Crippen LogP contribution in [0, 0.1) is 0 Å². The van der Waals surface area contributed by atoms with Crippen molar-refractivity contribution in [2.75, 3.05) is 7.11 Å². The fourth-order valence-electron chi connectivity index (χ4n) is 1.06. The van der Waals surface area contributed by atoms with E-state index in [1.165, 1.54) is 19.1 Å². The van der Waals surface area contributed by atoms with Gasteiger partial charge in [-0.25, -0.2) is 4.79 Å². The molecule has 4 heteroatoms. The van der Waals surface area contributed by atoms with Crippen molar-refractivity contribution in [1.29, 1.82) is 0 Å². The number of carbonyl (C=O) groups excluding carboxylic acids is 1. The van der Waals surface area contributed by atoms with E-state index in [-0.39, 0.29) is 5.97 Å². The molecule has 0 atom stereocenters. The van der Waals surface area contributed by atoms with Crippen molar-refractivity contribution in [2.45, 2.75) is 0 Å². The monoisotopic (exact) mass is 261 g/mol. The summed E-state index contributed by atoms with van der Waals surface area (Å²) in [7, 11) is 1.36. The molecule has 94 valence electrons. The molecule has 0 amide bonds. The van der Waals surface area contributed by atoms with Gasteiger partial charge in [-0.05, 0) is 23.4 Å². The molecule has 3 nitrogen and oxygen atoms in total. The molecule has 0 radical (unpaired) electrons. The molecule has 0 unspecified atom stereocenters. The summed E-state index contributed by atoms with van der Waals surface area (Å²) in [4.78, 5) is 11.4. The molecule has 18 heavy (non-hydrogen) atoms. The molecule has 1 N–H and O–H groups in total. The van der Waals surface area contributed by atoms with Gasteiger partial charge in [0, 0.05) is 6.20 Å². The number of methoxy groups -OCH3 is 1. The number of rotatable bonds is 1. The van der Waals surface area contributed by atoms with Crippen LogP contribution in [0.15, 0.2) is 71.9 Å². The molecule has 0 aromatic carbocycles. The summed E-state index contributed by atoms with van der Waals surface area (Å²) >= 11 is 1.37. The van der Waals surface area contributed by atoms with E-state index in [2.05, 4.69) is 9.46 Å². The fourth-order valence-corrected chi connectivity index (χ4v) is 1.50. The minimum absolute atomic E-state index is 0.376. The second-order valence-electron chi connectivity index (χ2n) is 3.17. The normalized spacial score (nSPS) is 15.7. The lowest BCUT2D eigenvalue weighted by Gasteiger charge is -2.00. The number of ether oxygens (including phenoxy) is 1. The highest BCUT2D eigenvalue weighted by Crippen LogP contribution is 2.03. The second-order valence-corrected chi connectivity index (χ2v) is 3.91. The third-order valence-corrected chi connectivity index (χ3v) is 2.45. The third-order valence-electron chi connectivity index (χ3n) is 1.90. The van der Waals surface area contributed by atoms with E-state index in [9.17, 15) is 4.79 Å². The molecule has 0 aromatic heterocycles. The van der Waals surface area contributed by atoms with Gasteiger partial charge in [-0.3, -0.25) is 0 Å². The maximum atomic E-state index is 11.4. The van der Waals surface area contributed by atoms with Crippen LogP contribution in [0.2, 0.25) is 0 Å². The Morgan fingerprint density at radius 1 is 1.06 bits per heavy atom. The zero-order chi connectivity index (χ0) is 13.1. The topological polar surface area (TPSA) is 38.3 Å². The number of allylic oxidation sites excluding steroid dienone is 8. The van der Waals surface area contributed by atoms with Crippen LogP contribution in [0.3, 0.4) is 0 Å². The Hall–Kier alpha value is -1.94. The SMILES string of the molecule is COC(=O)C1=CNSC=CC=CC=CC=CC=C1. The zero-order valence-corrected chi connectivity index (χ0v) is 10.9. The molecule has 0 fully saturated rings. The first-order chi connectivity index (χ1) is 8.84. The van der Waals surface area contributed by atoms with Gasteiger partial charge in [0.2, 0.25) is 0 Å². The quantitative estimate of drug-likeness (QED) is 0.581. The minimum Gasteiger partial charge on any atom is -0.465 e. The molecule has 0 bridgehead atoms. The highest BCUT2D eigenvalue weighted by atomic mass is 32.2. The summed E-state index contributed by atoms with van der Waals surface area (Å²) in [6.07, 6.45) is 18.4. The Balaban J connectivity index is 2.82. The van der Waals surface area contributed by atoms with Gasteiger partial charge in [0.1, 0.15) is 0 Å². The van der Waals surface area contributed by atoms with E-state index >= 15 is 0 Å². The molecular weight excluding hydrogens is 246 g/mol. The first kappa shape index (κ1) is 14.1. The Labute approximate surface area is 111 Å². The van der Waals surface area contributed by atoms with Gasteiger partial charge in [0.05, 0.1) is 12.7 Å². The number of hydrogen-bond donors (Lipinski definition) is 1. The molecule has 1 aliphatic heterocycles. The van der Waals surface area contributed by atoms with Gasteiger partial charge in [-0.15, -0.1) is 0 Å². The maximum absolute atomic E-state index is 11.4. The zero-order valence-electron chi connectivity index (χ0n) is 10.1. The van der Waals surface area contributed by atoms with Gasteiger partial charge in [-0.2, -0.15) is 0 Å². The first-order valence-electron chi connectivity index (χ1n) is 5.37. The highest BCUT2D eigenvalue weighted by Gasteiger charge is 2.04. The molecule has 0 saturated heterocycles. The van der Waals surface area contributed by atoms with E-state index in [4.69, 9.17) is 0 Å². The van der Waals surface area contributed by atoms with Gasteiger partial charge < -0.3 is 9.46 Å². The van der Waals surface area contributed by atoms with Crippen LogP contribution < -0.4 is 4.72 Å². The van der Waals surface area contributed by atoms with Crippen LogP contribution in [0.5, 0.6) is 0 Å². The van der Waals surface area contributed by atoms with Crippen molar-refractivity contribution in [2.24, 2.45) is 0 Å². The van der Waals surface area contributed by atoms with Crippen molar-refractivity contribution >= 4 is 17.9 Å². The van der Waals surface area contributed by atoms with Crippen LogP contribution in [-0.4, -0.2) is 13.1 Å². The number of nitrogens with one attached hydrogen (secondary N) is 1. The van der Waals surface area contributed by atoms with Crippen molar-refractivity contribution < 1.29 is 9.53 Å². The van der Waals surface area contributed by atoms with Crippen molar-refractivity contribution in [3.8, 4) is 0 Å². The summed E-state index contributed by atoms with van der Waals surface area (Å²) in [5.41, 5.74) is 0.458. The lowest BCUT2D eigenvalue weighted by molar-refractivity contribution is -0.135. The molecular formula is C14H15NO2S. The Morgan fingerprint density at radius 3 is 2.33 bits per heavy atom. The average molecular weight is 261 g/mol. The number of hydrogen-bond acceptors (Lipinski definition) is 4. The average Bonchev–Trinajstić information content (AvgIpc) is 2.40. The van der Waals surface area contributed by atoms with Gasteiger partial charge in [0.15, 0.2) is 0 Å². The Morgan fingerprint density at radius 2 is 1.67 bits per heavy atom. The molecule has 1 rings (SSSR count). The summed E-state index contributed by atoms with van der Waals surface area (Å²) in [5, 5.41) is 1.88. The van der Waals surface area contributed by atoms with Crippen molar-refractivity contribution in [3.63, 3.8) is 0 Å². The summed E-state index contributed by atoms with van der Waals surface area (Å²) in [6.45, 7) is 0. The van der Waals surface area contributed by atoms with Gasteiger partial charge >= 0.3 is 5.97 Å². The van der Waals surface area contributed by atoms with Crippen LogP contribution in [0.25, 0.3) is 0 Å². The largest absolute Gasteiger partial charge is 0.465 e. The van der Waals surface area contributed by atoms with E-state index in [0.717, 1.165) is 0 Å². The fraction of sp³-hybridized carbons (Fsp3) is 0.0714. The third kappa shape index (κ3) is 5.96. The molecule has 1 aliphatic rings. The molecule has 1 heterocycles. The Bertz CT molecular complexity index is 443. The Kier molecular flexibility index (Phi) is 7.16. The summed E-state index contributed by atoms with van der Waals surface area (Å²) < 4.78 is 7.63. The predicted octanol–water partition coefficient (Wildman–Crippen LogP) is 3.03. The van der Waals surface area contributed by atoms with Crippen LogP contribution in [0.1, 0.15) is 0 Å². The van der Waals surface area contributed by atoms with Gasteiger partial charge in [0.25, 0.3) is 0 Å². The van der Waals surface area contributed by atoms with E-state index in [1.807, 2.05) is 47.9 Å². The van der Waals surface area contributed by atoms with Crippen LogP contribution >= 0.6 is 11.9 Å². The number of esters is 1. The van der Waals surface area contributed by atoms with E-state index in [1.54, 1.807) is 18.4 Å². The molecule has 0 aromatic rings. The molecule has 0 aliphatic carbocycles. The lowest BCUT2D eigenvalue weighted by Crippen LogP contribution is -2.05. The van der Waals surface area contributed by atoms with E-state index < -0.39 is 0 Å². The predicted molar refractivity (Wildman–Crippen MR) is 76.5 cm³/mol. The smallest absolute Gasteiger partial charge is 0.339 e. The first-order valence-corrected chi connectivity index (χ1v) is 6.25. The number of carbonyl (C=O) groups is 1. The molecule has 0 saturated carbocycles. The van der Waals surface area contributed by atoms with Crippen LogP contribution in [0.4, 0.5) is 0 Å². The van der Waals surface area contributed by atoms with E-state index in [0.29, 0.717) is 5.57 Å². The summed E-state index contributed by atoms with van der Waals surface area (Å²) in [6, 6.07) is 0. The molecule has 0 spiro atoms. The van der Waals surface area contributed by atoms with Gasteiger partial charge in [-0.1, -0.05) is 48.6 Å². The van der Waals surface area contributed by atoms with Crippen molar-refractivity contribution in [1.82, 2.24) is 4.72 Å². The lowest BCUT2D eigenvalue weighted by atomic mass is 10.2. The second kappa shape index (κ2) is 9.13. The maximum Gasteiger partial charge on any atom is 0.339 e. The highest BCUT2D eigenvalue weighted by molar-refractivity contribution is 8.00. The van der Waals surface area contributed by atoms with Crippen LogP contribution in [-0.2, 0) is 9.53 Å². The minimum atomic E-state index is -0.376. The standard InChI is InChI=1S/C14H15NO2S/c1-17-14(16)13-10-8-6-4-2-3-5-7-9-11-18-15-12-13/h2-12,15H,1H3. The summed E-state index contributed by atoms with van der Waals surface area (Å²) in [5.74, 6) is -0.376.